The average Bonchev–Trinajstić information content (AvgIpc) is 2.28. The highest BCUT2D eigenvalue weighted by molar-refractivity contribution is 7.99. The van der Waals surface area contributed by atoms with E-state index in [1.54, 1.807) is 24.2 Å². The Morgan fingerprint density at radius 2 is 1.83 bits per heavy atom. The van der Waals surface area contributed by atoms with Crippen molar-refractivity contribution in [2.24, 2.45) is 0 Å². The van der Waals surface area contributed by atoms with E-state index in [-0.39, 0.29) is 6.10 Å². The van der Waals surface area contributed by atoms with Crippen LogP contribution in [0.5, 0.6) is 5.75 Å². The molecule has 0 amide bonds. The third kappa shape index (κ3) is 3.67. The van der Waals surface area contributed by atoms with Gasteiger partial charge in [0.15, 0.2) is 0 Å². The van der Waals surface area contributed by atoms with Crippen LogP contribution in [0.25, 0.3) is 0 Å². The van der Waals surface area contributed by atoms with Gasteiger partial charge in [0.2, 0.25) is 0 Å². The Bertz CT molecular complexity index is 514. The van der Waals surface area contributed by atoms with Crippen LogP contribution in [0.4, 0.5) is 5.69 Å². The highest BCUT2D eigenvalue weighted by Gasteiger charge is 2.04. The van der Waals surface area contributed by atoms with E-state index in [9.17, 15) is 0 Å². The lowest BCUT2D eigenvalue weighted by molar-refractivity contribution is 0.242. The molecule has 18 heavy (non-hydrogen) atoms. The molecule has 0 atom stereocenters. The smallest absolute Gasteiger partial charge is 0.122 e. The van der Waals surface area contributed by atoms with Crippen LogP contribution >= 0.6 is 11.8 Å². The standard InChI is InChI=1S/C14H16N2OS/c1-10(2)17-12-7-11(15)8-14(9-12)18-13-3-5-16-6-4-13/h3-10H,15H2,1-2H3. The highest BCUT2D eigenvalue weighted by atomic mass is 32.2. The van der Waals surface area contributed by atoms with Crippen LogP contribution in [0.1, 0.15) is 13.8 Å². The molecule has 0 radical (unpaired) electrons. The second-order valence-electron chi connectivity index (χ2n) is 4.19. The Balaban J connectivity index is 2.20. The maximum atomic E-state index is 5.88. The van der Waals surface area contributed by atoms with Gasteiger partial charge in [0.25, 0.3) is 0 Å². The first-order chi connectivity index (χ1) is 8.63. The summed E-state index contributed by atoms with van der Waals surface area (Å²) in [5.41, 5.74) is 6.60. The van der Waals surface area contributed by atoms with Gasteiger partial charge < -0.3 is 10.5 Å². The first-order valence-corrected chi connectivity index (χ1v) is 6.60. The van der Waals surface area contributed by atoms with E-state index in [2.05, 4.69) is 4.98 Å². The first kappa shape index (κ1) is 12.8. The fraction of sp³-hybridized carbons (Fsp3) is 0.214. The number of benzene rings is 1. The van der Waals surface area contributed by atoms with Crippen LogP contribution in [0, 0.1) is 0 Å². The van der Waals surface area contributed by atoms with Crippen LogP contribution in [0.15, 0.2) is 52.5 Å². The van der Waals surface area contributed by atoms with E-state index in [1.807, 2.05) is 44.2 Å². The SMILES string of the molecule is CC(C)Oc1cc(N)cc(Sc2ccncc2)c1. The van der Waals surface area contributed by atoms with Crippen molar-refractivity contribution in [1.29, 1.82) is 0 Å². The molecule has 0 saturated heterocycles. The summed E-state index contributed by atoms with van der Waals surface area (Å²) in [4.78, 5) is 6.20. The Morgan fingerprint density at radius 3 is 2.50 bits per heavy atom. The Morgan fingerprint density at radius 1 is 1.11 bits per heavy atom. The van der Waals surface area contributed by atoms with Gasteiger partial charge in [-0.2, -0.15) is 0 Å². The molecular formula is C14H16N2OS. The molecule has 3 nitrogen and oxygen atoms in total. The minimum absolute atomic E-state index is 0.144. The van der Waals surface area contributed by atoms with Gasteiger partial charge in [0, 0.05) is 33.9 Å². The maximum absolute atomic E-state index is 5.88. The van der Waals surface area contributed by atoms with Crippen LogP contribution in [0.2, 0.25) is 0 Å². The van der Waals surface area contributed by atoms with Gasteiger partial charge in [0.05, 0.1) is 6.10 Å². The van der Waals surface area contributed by atoms with Gasteiger partial charge in [-0.15, -0.1) is 0 Å². The number of nitrogens with two attached hydrogens (primary N) is 1. The van der Waals surface area contributed by atoms with Crippen molar-refractivity contribution in [3.63, 3.8) is 0 Å². The molecule has 0 fully saturated rings. The molecule has 94 valence electrons. The zero-order valence-electron chi connectivity index (χ0n) is 10.5. The first-order valence-electron chi connectivity index (χ1n) is 5.78. The zero-order chi connectivity index (χ0) is 13.0. The molecule has 2 aromatic rings. The number of hydrogen-bond acceptors (Lipinski definition) is 4. The summed E-state index contributed by atoms with van der Waals surface area (Å²) >= 11 is 1.64. The van der Waals surface area contributed by atoms with Crippen LogP contribution in [0.3, 0.4) is 0 Å². The second-order valence-corrected chi connectivity index (χ2v) is 5.34. The van der Waals surface area contributed by atoms with Gasteiger partial charge in [-0.1, -0.05) is 11.8 Å². The molecule has 0 aliphatic heterocycles. The molecule has 0 unspecified atom stereocenters. The molecule has 0 aliphatic carbocycles. The zero-order valence-corrected chi connectivity index (χ0v) is 11.3. The van der Waals surface area contributed by atoms with E-state index < -0.39 is 0 Å². The van der Waals surface area contributed by atoms with Crippen LogP contribution in [-0.2, 0) is 0 Å². The molecule has 0 saturated carbocycles. The second kappa shape index (κ2) is 5.78. The predicted molar refractivity (Wildman–Crippen MR) is 75.0 cm³/mol. The number of pyridine rings is 1. The van der Waals surface area contributed by atoms with Crippen molar-refractivity contribution >= 4 is 17.4 Å². The van der Waals surface area contributed by atoms with Crippen molar-refractivity contribution < 1.29 is 4.74 Å². The van der Waals surface area contributed by atoms with Gasteiger partial charge in [0.1, 0.15) is 5.75 Å². The van der Waals surface area contributed by atoms with Crippen molar-refractivity contribution in [2.45, 2.75) is 29.7 Å². The molecular weight excluding hydrogens is 244 g/mol. The van der Waals surface area contributed by atoms with Crippen molar-refractivity contribution in [3.05, 3.63) is 42.7 Å². The topological polar surface area (TPSA) is 48.1 Å². The average molecular weight is 260 g/mol. The summed E-state index contributed by atoms with van der Waals surface area (Å²) in [5.74, 6) is 0.807. The van der Waals surface area contributed by atoms with Gasteiger partial charge in [-0.25, -0.2) is 0 Å². The number of nitrogens with zero attached hydrogens (tertiary/aromatic N) is 1. The number of aromatic nitrogens is 1. The monoisotopic (exact) mass is 260 g/mol. The summed E-state index contributed by atoms with van der Waals surface area (Å²) in [6.07, 6.45) is 3.70. The third-order valence-electron chi connectivity index (χ3n) is 2.16. The summed E-state index contributed by atoms with van der Waals surface area (Å²) < 4.78 is 5.67. The molecule has 1 aromatic heterocycles. The van der Waals surface area contributed by atoms with E-state index in [0.29, 0.717) is 5.69 Å². The van der Waals surface area contributed by atoms with Crippen LogP contribution < -0.4 is 10.5 Å². The maximum Gasteiger partial charge on any atom is 0.122 e. The third-order valence-corrected chi connectivity index (χ3v) is 3.14. The summed E-state index contributed by atoms with van der Waals surface area (Å²) in [6.45, 7) is 4.00. The fourth-order valence-electron chi connectivity index (χ4n) is 1.54. The molecule has 0 spiro atoms. The summed E-state index contributed by atoms with van der Waals surface area (Å²) in [5, 5.41) is 0. The lowest BCUT2D eigenvalue weighted by atomic mass is 10.3. The van der Waals surface area contributed by atoms with E-state index in [0.717, 1.165) is 15.5 Å². The van der Waals surface area contributed by atoms with Crippen molar-refractivity contribution in [2.75, 3.05) is 5.73 Å². The number of hydrogen-bond donors (Lipinski definition) is 1. The molecule has 1 aromatic carbocycles. The molecule has 2 N–H and O–H groups in total. The summed E-state index contributed by atoms with van der Waals surface area (Å²) in [7, 11) is 0. The quantitative estimate of drug-likeness (QED) is 0.853. The molecule has 0 bridgehead atoms. The Hall–Kier alpha value is -1.68. The van der Waals surface area contributed by atoms with Crippen LogP contribution in [-0.4, -0.2) is 11.1 Å². The van der Waals surface area contributed by atoms with E-state index >= 15 is 0 Å². The Kier molecular flexibility index (Phi) is 4.10. The fourth-order valence-corrected chi connectivity index (χ4v) is 2.44. The largest absolute Gasteiger partial charge is 0.491 e. The van der Waals surface area contributed by atoms with Crippen molar-refractivity contribution in [1.82, 2.24) is 4.98 Å². The lowest BCUT2D eigenvalue weighted by Gasteiger charge is -2.12. The normalized spacial score (nSPS) is 10.6. The molecule has 1 heterocycles. The molecule has 2 rings (SSSR count). The van der Waals surface area contributed by atoms with Gasteiger partial charge in [-0.3, -0.25) is 4.98 Å². The minimum atomic E-state index is 0.144. The Labute approximate surface area is 111 Å². The summed E-state index contributed by atoms with van der Waals surface area (Å²) in [6, 6.07) is 9.73. The lowest BCUT2D eigenvalue weighted by Crippen LogP contribution is -2.05. The van der Waals surface area contributed by atoms with Crippen molar-refractivity contribution in [3.8, 4) is 5.75 Å². The van der Waals surface area contributed by atoms with Gasteiger partial charge in [-0.05, 0) is 38.1 Å². The minimum Gasteiger partial charge on any atom is -0.491 e. The number of ether oxygens (including phenoxy) is 1. The van der Waals surface area contributed by atoms with E-state index in [4.69, 9.17) is 10.5 Å². The molecule has 4 heteroatoms. The number of nitrogen functional groups attached to an aromatic ring is 1. The van der Waals surface area contributed by atoms with E-state index in [1.165, 1.54) is 0 Å². The highest BCUT2D eigenvalue weighted by Crippen LogP contribution is 2.32. The molecule has 0 aliphatic rings. The predicted octanol–water partition coefficient (Wildman–Crippen LogP) is 3.60. The number of rotatable bonds is 4. The van der Waals surface area contributed by atoms with Gasteiger partial charge >= 0.3 is 0 Å². The number of anilines is 1.